The van der Waals surface area contributed by atoms with E-state index < -0.39 is 0 Å². The molecule has 0 spiro atoms. The summed E-state index contributed by atoms with van der Waals surface area (Å²) in [5.41, 5.74) is 1.11. The van der Waals surface area contributed by atoms with Gasteiger partial charge in [-0.25, -0.2) is 0 Å². The van der Waals surface area contributed by atoms with Gasteiger partial charge in [-0.15, -0.1) is 0 Å². The predicted octanol–water partition coefficient (Wildman–Crippen LogP) is 2.50. The lowest BCUT2D eigenvalue weighted by Gasteiger charge is -2.47. The molecule has 1 unspecified atom stereocenters. The van der Waals surface area contributed by atoms with Gasteiger partial charge in [-0.1, -0.05) is 6.92 Å². The molecular weight excluding hydrogens is 236 g/mol. The topological polar surface area (TPSA) is 36.4 Å². The van der Waals surface area contributed by atoms with E-state index in [1.54, 1.807) is 12.4 Å². The van der Waals surface area contributed by atoms with Gasteiger partial charge < -0.3 is 10.0 Å². The maximum atomic E-state index is 10.8. The number of hydrogen-bond donors (Lipinski definition) is 1. The van der Waals surface area contributed by atoms with E-state index in [9.17, 15) is 5.11 Å². The minimum atomic E-state index is -0.308. The third kappa shape index (κ3) is 3.15. The zero-order valence-electron chi connectivity index (χ0n) is 12.3. The molecule has 1 atom stereocenters. The van der Waals surface area contributed by atoms with Crippen LogP contribution in [0.1, 0.15) is 38.2 Å². The number of nitrogens with zero attached hydrogens (tertiary/aromatic N) is 2. The van der Waals surface area contributed by atoms with Gasteiger partial charge in [0.1, 0.15) is 0 Å². The first-order chi connectivity index (χ1) is 9.04. The summed E-state index contributed by atoms with van der Waals surface area (Å²) in [6, 6.07) is 4.00. The summed E-state index contributed by atoms with van der Waals surface area (Å²) >= 11 is 0. The van der Waals surface area contributed by atoms with Crippen molar-refractivity contribution in [3.8, 4) is 0 Å². The molecule has 0 amide bonds. The van der Waals surface area contributed by atoms with Crippen LogP contribution in [0.2, 0.25) is 0 Å². The van der Waals surface area contributed by atoms with Crippen molar-refractivity contribution >= 4 is 0 Å². The number of aliphatic hydroxyl groups excluding tert-OH is 1. The van der Waals surface area contributed by atoms with Crippen LogP contribution in [0.3, 0.4) is 0 Å². The molecule has 0 bridgehead atoms. The van der Waals surface area contributed by atoms with Gasteiger partial charge >= 0.3 is 0 Å². The summed E-state index contributed by atoms with van der Waals surface area (Å²) in [7, 11) is 4.21. The molecule has 0 radical (unpaired) electrons. The van der Waals surface area contributed by atoms with Gasteiger partial charge in [0.05, 0.1) is 6.10 Å². The summed E-state index contributed by atoms with van der Waals surface area (Å²) < 4.78 is 0. The molecule has 0 saturated heterocycles. The second-order valence-electron chi connectivity index (χ2n) is 6.26. The molecule has 1 aromatic heterocycles. The highest BCUT2D eigenvalue weighted by atomic mass is 16.3. The van der Waals surface area contributed by atoms with Crippen LogP contribution in [0, 0.1) is 5.92 Å². The minimum absolute atomic E-state index is 0.0597. The van der Waals surface area contributed by atoms with Gasteiger partial charge in [0, 0.05) is 24.4 Å². The molecule has 1 saturated carbocycles. The number of rotatable bonds is 4. The Morgan fingerprint density at radius 1 is 1.32 bits per heavy atom. The molecule has 1 fully saturated rings. The zero-order chi connectivity index (χ0) is 13.9. The summed E-state index contributed by atoms with van der Waals surface area (Å²) in [5.74, 6) is 0.793. The van der Waals surface area contributed by atoms with Crippen molar-refractivity contribution in [2.24, 2.45) is 5.92 Å². The summed E-state index contributed by atoms with van der Waals surface area (Å²) in [6.45, 7) is 2.31. The monoisotopic (exact) mass is 262 g/mol. The fraction of sp³-hybridized carbons (Fsp3) is 0.688. The molecule has 0 aromatic carbocycles. The van der Waals surface area contributed by atoms with E-state index in [4.69, 9.17) is 0 Å². The van der Waals surface area contributed by atoms with Crippen molar-refractivity contribution in [1.29, 1.82) is 0 Å². The molecule has 0 aliphatic heterocycles. The number of likely N-dealkylation sites (N-methyl/N-ethyl adjacent to an activating group) is 1. The third-order valence-electron chi connectivity index (χ3n) is 4.83. The molecule has 2 rings (SSSR count). The average molecular weight is 262 g/mol. The highest BCUT2D eigenvalue weighted by Gasteiger charge is 2.42. The Morgan fingerprint density at radius 3 is 2.42 bits per heavy atom. The number of aromatic nitrogens is 1. The lowest BCUT2D eigenvalue weighted by Crippen LogP contribution is -2.56. The Labute approximate surface area is 116 Å². The fourth-order valence-electron chi connectivity index (χ4n) is 3.27. The van der Waals surface area contributed by atoms with Crippen LogP contribution in [0.15, 0.2) is 24.5 Å². The maximum Gasteiger partial charge on any atom is 0.0763 e. The van der Waals surface area contributed by atoms with Crippen molar-refractivity contribution < 1.29 is 5.11 Å². The first-order valence-corrected chi connectivity index (χ1v) is 7.29. The van der Waals surface area contributed by atoms with Crippen LogP contribution in [0.5, 0.6) is 0 Å². The zero-order valence-corrected chi connectivity index (χ0v) is 12.3. The lowest BCUT2D eigenvalue weighted by atomic mass is 9.72. The van der Waals surface area contributed by atoms with Crippen LogP contribution in [-0.2, 0) is 6.42 Å². The van der Waals surface area contributed by atoms with E-state index in [0.717, 1.165) is 25.2 Å². The Morgan fingerprint density at radius 2 is 1.89 bits per heavy atom. The minimum Gasteiger partial charge on any atom is -0.391 e. The molecule has 3 heteroatoms. The molecule has 1 N–H and O–H groups in total. The van der Waals surface area contributed by atoms with Crippen molar-refractivity contribution in [2.45, 2.75) is 50.7 Å². The quantitative estimate of drug-likeness (QED) is 0.905. The summed E-state index contributed by atoms with van der Waals surface area (Å²) in [6.07, 6.45) is 8.62. The summed E-state index contributed by atoms with van der Waals surface area (Å²) in [5, 5.41) is 10.8. The molecule has 106 valence electrons. The SMILES string of the molecule is CC1CCC(C(O)Cc2ccncc2)(N(C)C)CC1. The second kappa shape index (κ2) is 6.02. The molecule has 3 nitrogen and oxygen atoms in total. The Kier molecular flexibility index (Phi) is 4.58. The van der Waals surface area contributed by atoms with Crippen molar-refractivity contribution in [2.75, 3.05) is 14.1 Å². The fourth-order valence-corrected chi connectivity index (χ4v) is 3.27. The Hall–Kier alpha value is -0.930. The molecule has 1 aliphatic carbocycles. The van der Waals surface area contributed by atoms with Gasteiger partial charge in [-0.05, 0) is 63.4 Å². The van der Waals surface area contributed by atoms with Gasteiger partial charge in [0.15, 0.2) is 0 Å². The second-order valence-corrected chi connectivity index (χ2v) is 6.26. The highest BCUT2D eigenvalue weighted by Crippen LogP contribution is 2.38. The van der Waals surface area contributed by atoms with Gasteiger partial charge in [-0.2, -0.15) is 0 Å². The van der Waals surface area contributed by atoms with E-state index in [1.165, 1.54) is 18.4 Å². The normalized spacial score (nSPS) is 29.4. The Balaban J connectivity index is 2.11. The van der Waals surface area contributed by atoms with Crippen molar-refractivity contribution in [1.82, 2.24) is 9.88 Å². The van der Waals surface area contributed by atoms with Crippen LogP contribution in [0.25, 0.3) is 0 Å². The van der Waals surface area contributed by atoms with E-state index in [2.05, 4.69) is 30.9 Å². The van der Waals surface area contributed by atoms with Crippen LogP contribution < -0.4 is 0 Å². The lowest BCUT2D eigenvalue weighted by molar-refractivity contribution is -0.0382. The number of pyridine rings is 1. The number of aliphatic hydroxyl groups is 1. The van der Waals surface area contributed by atoms with Crippen LogP contribution >= 0.6 is 0 Å². The maximum absolute atomic E-state index is 10.8. The molecule has 1 aromatic rings. The molecule has 19 heavy (non-hydrogen) atoms. The standard InChI is InChI=1S/C16H26N2O/c1-13-4-8-16(9-5-13,18(2)3)15(19)12-14-6-10-17-11-7-14/h6-7,10-11,13,15,19H,4-5,8-9,12H2,1-3H3. The van der Waals surface area contributed by atoms with Gasteiger partial charge in [-0.3, -0.25) is 4.98 Å². The van der Waals surface area contributed by atoms with Crippen LogP contribution in [0.4, 0.5) is 0 Å². The van der Waals surface area contributed by atoms with E-state index in [-0.39, 0.29) is 11.6 Å². The first-order valence-electron chi connectivity index (χ1n) is 7.29. The van der Waals surface area contributed by atoms with Gasteiger partial charge in [0.2, 0.25) is 0 Å². The smallest absolute Gasteiger partial charge is 0.0763 e. The third-order valence-corrected chi connectivity index (χ3v) is 4.83. The van der Waals surface area contributed by atoms with Crippen LogP contribution in [-0.4, -0.2) is 40.7 Å². The number of hydrogen-bond acceptors (Lipinski definition) is 3. The Bertz CT molecular complexity index is 383. The molecule has 1 heterocycles. The van der Waals surface area contributed by atoms with E-state index in [1.807, 2.05) is 12.1 Å². The van der Waals surface area contributed by atoms with Crippen molar-refractivity contribution in [3.05, 3.63) is 30.1 Å². The molecule has 1 aliphatic rings. The molecular formula is C16H26N2O. The highest BCUT2D eigenvalue weighted by molar-refractivity contribution is 5.13. The van der Waals surface area contributed by atoms with E-state index >= 15 is 0 Å². The van der Waals surface area contributed by atoms with Crippen molar-refractivity contribution in [3.63, 3.8) is 0 Å². The van der Waals surface area contributed by atoms with Gasteiger partial charge in [0.25, 0.3) is 0 Å². The first kappa shape index (κ1) is 14.5. The van der Waals surface area contributed by atoms with E-state index in [0.29, 0.717) is 0 Å². The summed E-state index contributed by atoms with van der Waals surface area (Å²) in [4.78, 5) is 6.28. The average Bonchev–Trinajstić information content (AvgIpc) is 2.40. The predicted molar refractivity (Wildman–Crippen MR) is 78.0 cm³/mol. The largest absolute Gasteiger partial charge is 0.391 e.